The predicted molar refractivity (Wildman–Crippen MR) is 58.8 cm³/mol. The molecule has 0 aliphatic carbocycles. The topological polar surface area (TPSA) is 63.3 Å². The molecular weight excluding hydrogens is 246 g/mol. The van der Waals surface area contributed by atoms with Gasteiger partial charge in [0.1, 0.15) is 5.75 Å². The zero-order valence-electron chi connectivity index (χ0n) is 7.62. The fraction of sp³-hybridized carbons (Fsp3) is 0.100. The summed E-state index contributed by atoms with van der Waals surface area (Å²) < 4.78 is 0.874. The lowest BCUT2D eigenvalue weighted by atomic mass is 10.1. The molecule has 0 fully saturated rings. The van der Waals surface area contributed by atoms with E-state index in [2.05, 4.69) is 15.9 Å². The third-order valence-corrected chi connectivity index (χ3v) is 2.59. The van der Waals surface area contributed by atoms with Crippen molar-refractivity contribution in [2.24, 2.45) is 5.73 Å². The van der Waals surface area contributed by atoms with Gasteiger partial charge >= 0.3 is 0 Å². The van der Waals surface area contributed by atoms with Crippen LogP contribution in [0.15, 0.2) is 22.7 Å². The van der Waals surface area contributed by atoms with Gasteiger partial charge in [-0.15, -0.1) is 0 Å². The van der Waals surface area contributed by atoms with Gasteiger partial charge in [-0.3, -0.25) is 4.79 Å². The Balaban J connectivity index is 3.10. The minimum absolute atomic E-state index is 0.128. The lowest BCUT2D eigenvalue weighted by Gasteiger charge is -2.03. The second kappa shape index (κ2) is 4.28. The molecule has 0 aliphatic heterocycles. The summed E-state index contributed by atoms with van der Waals surface area (Å²) in [6.07, 6.45) is 2.68. The number of hydrogen-bond acceptors (Lipinski definition) is 2. The zero-order chi connectivity index (χ0) is 10.7. The van der Waals surface area contributed by atoms with Crippen molar-refractivity contribution in [3.05, 3.63) is 33.8 Å². The Labute approximate surface area is 90.4 Å². The molecule has 0 saturated heterocycles. The fourth-order valence-corrected chi connectivity index (χ4v) is 1.35. The third-order valence-electron chi connectivity index (χ3n) is 1.74. The van der Waals surface area contributed by atoms with E-state index in [1.807, 2.05) is 6.92 Å². The van der Waals surface area contributed by atoms with E-state index in [9.17, 15) is 9.90 Å². The van der Waals surface area contributed by atoms with Crippen molar-refractivity contribution < 1.29 is 9.90 Å². The number of aromatic hydroxyl groups is 1. The summed E-state index contributed by atoms with van der Waals surface area (Å²) in [6.45, 7) is 1.87. The van der Waals surface area contributed by atoms with Crippen LogP contribution in [0.1, 0.15) is 11.1 Å². The second-order valence-corrected chi connectivity index (χ2v) is 3.75. The van der Waals surface area contributed by atoms with Crippen molar-refractivity contribution >= 4 is 27.9 Å². The summed E-state index contributed by atoms with van der Waals surface area (Å²) in [5.41, 5.74) is 6.43. The molecule has 1 aromatic rings. The monoisotopic (exact) mass is 255 g/mol. The number of benzene rings is 1. The number of nitrogens with two attached hydrogens (primary N) is 1. The largest absolute Gasteiger partial charge is 0.507 e. The normalized spacial score (nSPS) is 10.7. The minimum atomic E-state index is -0.541. The predicted octanol–water partition coefficient (Wildman–Crippen LogP) is 1.96. The van der Waals surface area contributed by atoms with Crippen molar-refractivity contribution in [1.29, 1.82) is 0 Å². The van der Waals surface area contributed by atoms with Crippen LogP contribution in [-0.4, -0.2) is 11.0 Å². The third kappa shape index (κ3) is 2.60. The Morgan fingerprint density at radius 3 is 2.79 bits per heavy atom. The summed E-state index contributed by atoms with van der Waals surface area (Å²) in [4.78, 5) is 10.5. The van der Waals surface area contributed by atoms with Crippen molar-refractivity contribution in [2.75, 3.05) is 0 Å². The van der Waals surface area contributed by atoms with Gasteiger partial charge in [0, 0.05) is 16.1 Å². The van der Waals surface area contributed by atoms with E-state index in [4.69, 9.17) is 5.73 Å². The van der Waals surface area contributed by atoms with E-state index in [1.54, 1.807) is 12.1 Å². The van der Waals surface area contributed by atoms with Gasteiger partial charge in [0.2, 0.25) is 5.91 Å². The number of aryl methyl sites for hydroxylation is 1. The highest BCUT2D eigenvalue weighted by molar-refractivity contribution is 9.10. The number of phenols is 1. The van der Waals surface area contributed by atoms with Gasteiger partial charge in [-0.2, -0.15) is 0 Å². The van der Waals surface area contributed by atoms with Gasteiger partial charge < -0.3 is 10.8 Å². The summed E-state index contributed by atoms with van der Waals surface area (Å²) in [6, 6.07) is 3.34. The summed E-state index contributed by atoms with van der Waals surface area (Å²) in [5, 5.41) is 9.50. The molecule has 4 heteroatoms. The number of carbonyl (C=O) groups excluding carboxylic acids is 1. The number of hydrogen-bond donors (Lipinski definition) is 2. The Morgan fingerprint density at radius 1 is 1.57 bits per heavy atom. The summed E-state index contributed by atoms with van der Waals surface area (Å²) >= 11 is 3.33. The molecule has 1 rings (SSSR count). The van der Waals surface area contributed by atoms with Gasteiger partial charge in [0.25, 0.3) is 0 Å². The van der Waals surface area contributed by atoms with Crippen molar-refractivity contribution in [3.8, 4) is 5.75 Å². The highest BCUT2D eigenvalue weighted by atomic mass is 79.9. The van der Waals surface area contributed by atoms with Crippen LogP contribution in [0.25, 0.3) is 6.08 Å². The molecule has 0 atom stereocenters. The number of carbonyl (C=O) groups is 1. The van der Waals surface area contributed by atoms with Crippen molar-refractivity contribution in [1.82, 2.24) is 0 Å². The molecule has 3 nitrogen and oxygen atoms in total. The van der Waals surface area contributed by atoms with Crippen LogP contribution >= 0.6 is 15.9 Å². The van der Waals surface area contributed by atoms with Gasteiger partial charge in [0.15, 0.2) is 0 Å². The standard InChI is InChI=1S/C10H10BrNO2/c1-6-4-9(13)7(5-8(6)11)2-3-10(12)14/h2-5,13H,1H3,(H2,12,14)/b3-2+. The smallest absolute Gasteiger partial charge is 0.241 e. The molecule has 3 N–H and O–H groups in total. The maximum atomic E-state index is 10.5. The van der Waals surface area contributed by atoms with Gasteiger partial charge in [-0.25, -0.2) is 0 Å². The van der Waals surface area contributed by atoms with Gasteiger partial charge in [-0.05, 0) is 30.7 Å². The Hall–Kier alpha value is -1.29. The van der Waals surface area contributed by atoms with Gasteiger partial charge in [0.05, 0.1) is 0 Å². The van der Waals surface area contributed by atoms with Crippen LogP contribution < -0.4 is 5.73 Å². The first-order chi connectivity index (χ1) is 6.50. The fourth-order valence-electron chi connectivity index (χ4n) is 0.987. The second-order valence-electron chi connectivity index (χ2n) is 2.90. The molecule has 0 aromatic heterocycles. The van der Waals surface area contributed by atoms with E-state index < -0.39 is 5.91 Å². The molecule has 14 heavy (non-hydrogen) atoms. The lowest BCUT2D eigenvalue weighted by Crippen LogP contribution is -2.05. The molecule has 0 bridgehead atoms. The number of phenolic OH excluding ortho intramolecular Hbond substituents is 1. The van der Waals surface area contributed by atoms with E-state index in [1.165, 1.54) is 12.2 Å². The number of amides is 1. The van der Waals surface area contributed by atoms with E-state index in [0.717, 1.165) is 10.0 Å². The molecule has 0 radical (unpaired) electrons. The van der Waals surface area contributed by atoms with Gasteiger partial charge in [-0.1, -0.05) is 15.9 Å². The molecule has 0 spiro atoms. The van der Waals surface area contributed by atoms with Crippen LogP contribution in [-0.2, 0) is 4.79 Å². The number of halogens is 1. The van der Waals surface area contributed by atoms with Crippen LogP contribution in [0.4, 0.5) is 0 Å². The van der Waals surface area contributed by atoms with E-state index in [0.29, 0.717) is 5.56 Å². The summed E-state index contributed by atoms with van der Waals surface area (Å²) in [5.74, 6) is -0.413. The molecule has 1 amide bonds. The first-order valence-corrected chi connectivity index (χ1v) is 4.76. The summed E-state index contributed by atoms with van der Waals surface area (Å²) in [7, 11) is 0. The SMILES string of the molecule is Cc1cc(O)c(/C=C/C(N)=O)cc1Br. The Kier molecular flexibility index (Phi) is 3.30. The van der Waals surface area contributed by atoms with E-state index in [-0.39, 0.29) is 5.75 Å². The van der Waals surface area contributed by atoms with Crippen LogP contribution in [0, 0.1) is 6.92 Å². The molecule has 0 unspecified atom stereocenters. The molecule has 0 saturated carbocycles. The first-order valence-electron chi connectivity index (χ1n) is 3.97. The molecule has 1 aromatic carbocycles. The highest BCUT2D eigenvalue weighted by Gasteiger charge is 2.02. The van der Waals surface area contributed by atoms with Crippen LogP contribution in [0.5, 0.6) is 5.75 Å². The lowest BCUT2D eigenvalue weighted by molar-refractivity contribution is -0.113. The zero-order valence-corrected chi connectivity index (χ0v) is 9.21. The highest BCUT2D eigenvalue weighted by Crippen LogP contribution is 2.26. The maximum Gasteiger partial charge on any atom is 0.241 e. The molecule has 74 valence electrons. The Bertz CT molecular complexity index is 399. The average Bonchev–Trinajstić information content (AvgIpc) is 2.09. The molecule has 0 heterocycles. The van der Waals surface area contributed by atoms with Crippen molar-refractivity contribution in [3.63, 3.8) is 0 Å². The molecular formula is C10H10BrNO2. The van der Waals surface area contributed by atoms with Crippen molar-refractivity contribution in [2.45, 2.75) is 6.92 Å². The van der Waals surface area contributed by atoms with E-state index >= 15 is 0 Å². The number of rotatable bonds is 2. The Morgan fingerprint density at radius 2 is 2.21 bits per heavy atom. The number of primary amides is 1. The maximum absolute atomic E-state index is 10.5. The van der Waals surface area contributed by atoms with Crippen LogP contribution in [0.2, 0.25) is 0 Å². The minimum Gasteiger partial charge on any atom is -0.507 e. The first kappa shape index (κ1) is 10.8. The average molecular weight is 256 g/mol. The quantitative estimate of drug-likeness (QED) is 0.794. The molecule has 0 aliphatic rings. The van der Waals surface area contributed by atoms with Crippen LogP contribution in [0.3, 0.4) is 0 Å².